The molecular weight excluding hydrogens is 254 g/mol. The molecule has 0 aliphatic rings. The van der Waals surface area contributed by atoms with Crippen molar-refractivity contribution in [3.05, 3.63) is 30.3 Å². The molecule has 102 valence electrons. The SMILES string of the molecule is CCCC(C)N(C)c1snc(N)c1-c1ccccc1. The quantitative estimate of drug-likeness (QED) is 0.896. The Labute approximate surface area is 119 Å². The van der Waals surface area contributed by atoms with Gasteiger partial charge in [0.25, 0.3) is 0 Å². The number of hydrogen-bond acceptors (Lipinski definition) is 4. The Kier molecular flexibility index (Phi) is 4.43. The van der Waals surface area contributed by atoms with Gasteiger partial charge in [0, 0.05) is 13.1 Å². The van der Waals surface area contributed by atoms with Crippen LogP contribution in [0.4, 0.5) is 10.8 Å². The summed E-state index contributed by atoms with van der Waals surface area (Å²) in [6.45, 7) is 4.46. The first-order valence-electron chi connectivity index (χ1n) is 6.68. The zero-order valence-corrected chi connectivity index (χ0v) is 12.6. The molecule has 19 heavy (non-hydrogen) atoms. The van der Waals surface area contributed by atoms with Crippen LogP contribution in [-0.4, -0.2) is 17.5 Å². The number of nitrogen functional groups attached to an aromatic ring is 1. The maximum atomic E-state index is 6.06. The molecule has 1 unspecified atom stereocenters. The molecule has 0 saturated carbocycles. The first kappa shape index (κ1) is 13.9. The highest BCUT2D eigenvalue weighted by molar-refractivity contribution is 7.11. The van der Waals surface area contributed by atoms with E-state index in [-0.39, 0.29) is 0 Å². The van der Waals surface area contributed by atoms with E-state index in [1.165, 1.54) is 24.4 Å². The van der Waals surface area contributed by atoms with Gasteiger partial charge in [-0.1, -0.05) is 43.7 Å². The molecule has 0 saturated heterocycles. The van der Waals surface area contributed by atoms with E-state index in [9.17, 15) is 0 Å². The smallest absolute Gasteiger partial charge is 0.147 e. The molecule has 0 aliphatic heterocycles. The van der Waals surface area contributed by atoms with Gasteiger partial charge in [-0.05, 0) is 30.4 Å². The zero-order valence-electron chi connectivity index (χ0n) is 11.8. The van der Waals surface area contributed by atoms with Gasteiger partial charge in [0.05, 0.1) is 5.56 Å². The number of nitrogens with two attached hydrogens (primary N) is 1. The number of rotatable bonds is 5. The summed E-state index contributed by atoms with van der Waals surface area (Å²) < 4.78 is 4.33. The zero-order chi connectivity index (χ0) is 13.8. The van der Waals surface area contributed by atoms with Crippen LogP contribution in [-0.2, 0) is 0 Å². The molecule has 3 nitrogen and oxygen atoms in total. The summed E-state index contributed by atoms with van der Waals surface area (Å²) in [5.74, 6) is 0.627. The number of nitrogens with zero attached hydrogens (tertiary/aromatic N) is 2. The van der Waals surface area contributed by atoms with Gasteiger partial charge in [-0.25, -0.2) is 0 Å². The summed E-state index contributed by atoms with van der Waals surface area (Å²) in [7, 11) is 2.12. The van der Waals surface area contributed by atoms with Crippen LogP contribution >= 0.6 is 11.5 Å². The minimum atomic E-state index is 0.493. The van der Waals surface area contributed by atoms with Crippen molar-refractivity contribution in [3.63, 3.8) is 0 Å². The fraction of sp³-hybridized carbons (Fsp3) is 0.400. The van der Waals surface area contributed by atoms with E-state index in [2.05, 4.69) is 42.3 Å². The fourth-order valence-electron chi connectivity index (χ4n) is 2.22. The molecule has 0 bridgehead atoms. The third kappa shape index (κ3) is 2.89. The molecule has 1 heterocycles. The largest absolute Gasteiger partial charge is 0.382 e. The number of aromatic nitrogens is 1. The van der Waals surface area contributed by atoms with Crippen LogP contribution in [0.1, 0.15) is 26.7 Å². The van der Waals surface area contributed by atoms with Gasteiger partial charge in [0.1, 0.15) is 10.8 Å². The lowest BCUT2D eigenvalue weighted by atomic mass is 10.1. The molecule has 1 aromatic carbocycles. The van der Waals surface area contributed by atoms with Crippen LogP contribution in [0.15, 0.2) is 30.3 Å². The Morgan fingerprint density at radius 1 is 1.32 bits per heavy atom. The molecule has 2 rings (SSSR count). The van der Waals surface area contributed by atoms with Gasteiger partial charge in [-0.2, -0.15) is 4.37 Å². The van der Waals surface area contributed by atoms with Crippen molar-refractivity contribution in [2.24, 2.45) is 0 Å². The summed E-state index contributed by atoms with van der Waals surface area (Å²) in [5.41, 5.74) is 8.26. The van der Waals surface area contributed by atoms with Crippen LogP contribution in [0, 0.1) is 0 Å². The third-order valence-electron chi connectivity index (χ3n) is 3.45. The molecule has 0 spiro atoms. The second-order valence-corrected chi connectivity index (χ2v) is 5.61. The normalized spacial score (nSPS) is 12.4. The molecule has 1 aromatic heterocycles. The van der Waals surface area contributed by atoms with Crippen molar-refractivity contribution in [2.45, 2.75) is 32.7 Å². The predicted octanol–water partition coefficient (Wildman–Crippen LogP) is 4.02. The summed E-state index contributed by atoms with van der Waals surface area (Å²) in [5, 5.41) is 1.16. The maximum absolute atomic E-state index is 6.06. The molecular formula is C15H21N3S. The van der Waals surface area contributed by atoms with E-state index in [4.69, 9.17) is 5.73 Å². The average molecular weight is 275 g/mol. The second-order valence-electron chi connectivity index (χ2n) is 4.86. The highest BCUT2D eigenvalue weighted by Gasteiger charge is 2.19. The fourth-order valence-corrected chi connectivity index (χ4v) is 3.12. The molecule has 0 fully saturated rings. The van der Waals surface area contributed by atoms with E-state index < -0.39 is 0 Å². The molecule has 0 amide bonds. The Morgan fingerprint density at radius 2 is 2.00 bits per heavy atom. The van der Waals surface area contributed by atoms with E-state index in [1.807, 2.05) is 18.2 Å². The van der Waals surface area contributed by atoms with Crippen molar-refractivity contribution in [2.75, 3.05) is 17.7 Å². The van der Waals surface area contributed by atoms with E-state index >= 15 is 0 Å². The Morgan fingerprint density at radius 3 is 2.63 bits per heavy atom. The molecule has 4 heteroatoms. The molecule has 2 aromatic rings. The van der Waals surface area contributed by atoms with Crippen LogP contribution in [0.25, 0.3) is 11.1 Å². The number of anilines is 2. The van der Waals surface area contributed by atoms with E-state index in [1.54, 1.807) is 0 Å². The first-order valence-corrected chi connectivity index (χ1v) is 7.45. The second kappa shape index (κ2) is 6.06. The van der Waals surface area contributed by atoms with Crippen molar-refractivity contribution in [1.29, 1.82) is 0 Å². The van der Waals surface area contributed by atoms with Gasteiger partial charge >= 0.3 is 0 Å². The Bertz CT molecular complexity index is 521. The lowest BCUT2D eigenvalue weighted by Crippen LogP contribution is -2.28. The average Bonchev–Trinajstić information content (AvgIpc) is 2.81. The monoisotopic (exact) mass is 275 g/mol. The summed E-state index contributed by atoms with van der Waals surface area (Å²) in [6.07, 6.45) is 2.35. The minimum Gasteiger partial charge on any atom is -0.382 e. The lowest BCUT2D eigenvalue weighted by Gasteiger charge is -2.26. The van der Waals surface area contributed by atoms with Crippen molar-refractivity contribution >= 4 is 22.4 Å². The maximum Gasteiger partial charge on any atom is 0.147 e. The standard InChI is InChI=1S/C15H21N3S/c1-4-8-11(2)18(3)15-13(14(16)17-19-15)12-9-6-5-7-10-12/h5-7,9-11H,4,8H2,1-3H3,(H2,16,17). The Hall–Kier alpha value is -1.55. The van der Waals surface area contributed by atoms with Crippen molar-refractivity contribution < 1.29 is 0 Å². The van der Waals surface area contributed by atoms with Gasteiger partial charge in [0.15, 0.2) is 0 Å². The Balaban J connectivity index is 2.38. The van der Waals surface area contributed by atoms with E-state index in [0.717, 1.165) is 16.1 Å². The topological polar surface area (TPSA) is 42.2 Å². The predicted molar refractivity (Wildman–Crippen MR) is 84.7 cm³/mol. The van der Waals surface area contributed by atoms with Crippen molar-refractivity contribution in [3.8, 4) is 11.1 Å². The van der Waals surface area contributed by atoms with Crippen LogP contribution in [0.3, 0.4) is 0 Å². The van der Waals surface area contributed by atoms with Crippen LogP contribution in [0.2, 0.25) is 0 Å². The van der Waals surface area contributed by atoms with Gasteiger partial charge in [-0.3, -0.25) is 0 Å². The highest BCUT2D eigenvalue weighted by atomic mass is 32.1. The molecule has 0 aliphatic carbocycles. The molecule has 1 atom stereocenters. The number of hydrogen-bond donors (Lipinski definition) is 1. The highest BCUT2D eigenvalue weighted by Crippen LogP contribution is 2.39. The summed E-state index contributed by atoms with van der Waals surface area (Å²) in [6, 6.07) is 10.7. The van der Waals surface area contributed by atoms with Gasteiger partial charge in [-0.15, -0.1) is 0 Å². The van der Waals surface area contributed by atoms with Gasteiger partial charge in [0.2, 0.25) is 0 Å². The van der Waals surface area contributed by atoms with Crippen molar-refractivity contribution in [1.82, 2.24) is 4.37 Å². The lowest BCUT2D eigenvalue weighted by molar-refractivity contribution is 0.619. The van der Waals surface area contributed by atoms with Gasteiger partial charge < -0.3 is 10.6 Å². The van der Waals surface area contributed by atoms with E-state index in [0.29, 0.717) is 11.9 Å². The van der Waals surface area contributed by atoms with Crippen LogP contribution in [0.5, 0.6) is 0 Å². The summed E-state index contributed by atoms with van der Waals surface area (Å²) >= 11 is 1.48. The first-order chi connectivity index (χ1) is 9.15. The van der Waals surface area contributed by atoms with Crippen LogP contribution < -0.4 is 10.6 Å². The molecule has 0 radical (unpaired) electrons. The summed E-state index contributed by atoms with van der Waals surface area (Å²) in [4.78, 5) is 2.29. The third-order valence-corrected chi connectivity index (χ3v) is 4.40. The minimum absolute atomic E-state index is 0.493. The number of benzene rings is 1. The molecule has 2 N–H and O–H groups in total.